The molecule has 0 saturated heterocycles. The molecule has 0 aliphatic heterocycles. The van der Waals surface area contributed by atoms with Gasteiger partial charge >= 0.3 is 0 Å². The molecule has 2 aromatic heterocycles. The van der Waals surface area contributed by atoms with Crippen molar-refractivity contribution >= 4 is 39.4 Å². The number of nitrogen functional groups attached to an aromatic ring is 1. The molecule has 4 nitrogen and oxygen atoms in total. The minimum Gasteiger partial charge on any atom is -0.368 e. The number of fused-ring (bicyclic) bond motifs is 3. The van der Waals surface area contributed by atoms with E-state index in [2.05, 4.69) is 57.1 Å². The van der Waals surface area contributed by atoms with E-state index in [0.717, 1.165) is 33.9 Å². The van der Waals surface area contributed by atoms with E-state index in [-0.39, 0.29) is 0 Å². The Bertz CT molecular complexity index is 989. The molecule has 0 atom stereocenters. The van der Waals surface area contributed by atoms with Crippen molar-refractivity contribution in [3.8, 4) is 0 Å². The average molecular weight is 323 g/mol. The normalized spacial score (nSPS) is 11.3. The zero-order chi connectivity index (χ0) is 15.8. The van der Waals surface area contributed by atoms with Crippen LogP contribution >= 0.6 is 11.6 Å². The Kier molecular flexibility index (Phi) is 3.39. The second-order valence-corrected chi connectivity index (χ2v) is 5.83. The number of alkyl halides is 1. The van der Waals surface area contributed by atoms with Gasteiger partial charge in [0.15, 0.2) is 0 Å². The highest BCUT2D eigenvalue weighted by atomic mass is 35.5. The van der Waals surface area contributed by atoms with Crippen molar-refractivity contribution in [1.82, 2.24) is 14.5 Å². The van der Waals surface area contributed by atoms with Crippen LogP contribution in [0.2, 0.25) is 0 Å². The van der Waals surface area contributed by atoms with E-state index in [1.807, 2.05) is 6.07 Å². The fraction of sp³-hybridized carbons (Fsp3) is 0.111. The number of anilines is 1. The SMILES string of the molecule is Nc1ncc2ccc3c(ccn3Cc3ccc(CCl)cc3)c2n1. The summed E-state index contributed by atoms with van der Waals surface area (Å²) in [6.07, 6.45) is 3.84. The molecule has 0 fully saturated rings. The molecule has 0 unspecified atom stereocenters. The predicted octanol–water partition coefficient (Wildman–Crippen LogP) is 3.95. The Hall–Kier alpha value is -2.59. The maximum absolute atomic E-state index is 5.84. The molecule has 5 heteroatoms. The smallest absolute Gasteiger partial charge is 0.220 e. The summed E-state index contributed by atoms with van der Waals surface area (Å²) in [5, 5.41) is 2.09. The molecule has 2 heterocycles. The third-order valence-corrected chi connectivity index (χ3v) is 4.36. The maximum Gasteiger partial charge on any atom is 0.220 e. The number of nitrogens with two attached hydrogens (primary N) is 1. The first kappa shape index (κ1) is 14.0. The average Bonchev–Trinajstić information content (AvgIpc) is 2.99. The number of hydrogen-bond donors (Lipinski definition) is 1. The highest BCUT2D eigenvalue weighted by Gasteiger charge is 2.08. The molecule has 0 amide bonds. The van der Waals surface area contributed by atoms with Gasteiger partial charge in [-0.25, -0.2) is 9.97 Å². The summed E-state index contributed by atoms with van der Waals surface area (Å²) in [7, 11) is 0. The molecule has 0 bridgehead atoms. The standard InChI is InChI=1S/C18H15ClN4/c19-9-12-1-3-13(4-2-12)11-23-8-7-15-16(23)6-5-14-10-21-18(20)22-17(14)15/h1-8,10H,9,11H2,(H2,20,21,22). The van der Waals surface area contributed by atoms with E-state index in [9.17, 15) is 0 Å². The van der Waals surface area contributed by atoms with Crippen LogP contribution in [0.5, 0.6) is 0 Å². The van der Waals surface area contributed by atoms with Crippen molar-refractivity contribution in [3.63, 3.8) is 0 Å². The summed E-state index contributed by atoms with van der Waals surface area (Å²) in [6.45, 7) is 0.804. The Balaban J connectivity index is 1.78. The quantitative estimate of drug-likeness (QED) is 0.581. The molecule has 0 spiro atoms. The van der Waals surface area contributed by atoms with E-state index >= 15 is 0 Å². The first-order chi connectivity index (χ1) is 11.2. The molecule has 4 aromatic rings. The molecule has 114 valence electrons. The number of halogens is 1. The van der Waals surface area contributed by atoms with Crippen molar-refractivity contribution in [3.05, 3.63) is 66.0 Å². The van der Waals surface area contributed by atoms with E-state index in [1.165, 1.54) is 5.56 Å². The lowest BCUT2D eigenvalue weighted by molar-refractivity contribution is 0.836. The van der Waals surface area contributed by atoms with E-state index < -0.39 is 0 Å². The number of rotatable bonds is 3. The molecular weight excluding hydrogens is 308 g/mol. The third-order valence-electron chi connectivity index (χ3n) is 4.05. The minimum absolute atomic E-state index is 0.300. The minimum atomic E-state index is 0.300. The maximum atomic E-state index is 5.84. The lowest BCUT2D eigenvalue weighted by atomic mass is 10.1. The monoisotopic (exact) mass is 322 g/mol. The van der Waals surface area contributed by atoms with Crippen molar-refractivity contribution in [2.75, 3.05) is 5.73 Å². The molecule has 2 aromatic carbocycles. The number of benzene rings is 2. The molecule has 0 aliphatic rings. The van der Waals surface area contributed by atoms with Gasteiger partial charge in [0.25, 0.3) is 0 Å². The van der Waals surface area contributed by atoms with Crippen LogP contribution in [0.15, 0.2) is 54.9 Å². The first-order valence-corrected chi connectivity index (χ1v) is 7.92. The van der Waals surface area contributed by atoms with Crippen LogP contribution in [0.4, 0.5) is 5.95 Å². The van der Waals surface area contributed by atoms with Crippen LogP contribution in [0.1, 0.15) is 11.1 Å². The van der Waals surface area contributed by atoms with Gasteiger partial charge in [-0.15, -0.1) is 11.6 Å². The lowest BCUT2D eigenvalue weighted by Gasteiger charge is -2.07. The Labute approximate surface area is 138 Å². The predicted molar refractivity (Wildman–Crippen MR) is 94.5 cm³/mol. The summed E-state index contributed by atoms with van der Waals surface area (Å²) >= 11 is 5.84. The number of nitrogens with zero attached hydrogens (tertiary/aromatic N) is 3. The van der Waals surface area contributed by atoms with E-state index in [0.29, 0.717) is 11.8 Å². The number of hydrogen-bond acceptors (Lipinski definition) is 3. The van der Waals surface area contributed by atoms with Crippen LogP contribution in [0.25, 0.3) is 21.8 Å². The van der Waals surface area contributed by atoms with Gasteiger partial charge in [0.1, 0.15) is 0 Å². The van der Waals surface area contributed by atoms with Gasteiger partial charge in [0.2, 0.25) is 5.95 Å². The van der Waals surface area contributed by atoms with Gasteiger partial charge in [-0.05, 0) is 29.3 Å². The van der Waals surface area contributed by atoms with Gasteiger partial charge in [0.05, 0.1) is 11.0 Å². The van der Waals surface area contributed by atoms with E-state index in [1.54, 1.807) is 6.20 Å². The van der Waals surface area contributed by atoms with Gasteiger partial charge in [-0.3, -0.25) is 0 Å². The Morgan fingerprint density at radius 1 is 1.00 bits per heavy atom. The fourth-order valence-corrected chi connectivity index (χ4v) is 3.03. The molecule has 23 heavy (non-hydrogen) atoms. The molecule has 2 N–H and O–H groups in total. The van der Waals surface area contributed by atoms with E-state index in [4.69, 9.17) is 17.3 Å². The van der Waals surface area contributed by atoms with Crippen LogP contribution < -0.4 is 5.73 Å². The topological polar surface area (TPSA) is 56.7 Å². The molecule has 0 radical (unpaired) electrons. The summed E-state index contributed by atoms with van der Waals surface area (Å²) in [6, 6.07) is 14.6. The summed E-state index contributed by atoms with van der Waals surface area (Å²) in [5.41, 5.74) is 10.1. The van der Waals surface area contributed by atoms with Crippen molar-refractivity contribution in [2.45, 2.75) is 12.4 Å². The second kappa shape index (κ2) is 5.56. The largest absolute Gasteiger partial charge is 0.368 e. The van der Waals surface area contributed by atoms with Crippen LogP contribution in [-0.2, 0) is 12.4 Å². The van der Waals surface area contributed by atoms with Gasteiger partial charge < -0.3 is 10.3 Å². The van der Waals surface area contributed by atoms with Gasteiger partial charge in [-0.1, -0.05) is 24.3 Å². The fourth-order valence-electron chi connectivity index (χ4n) is 2.85. The summed E-state index contributed by atoms with van der Waals surface area (Å²) in [5.74, 6) is 0.842. The summed E-state index contributed by atoms with van der Waals surface area (Å²) < 4.78 is 2.21. The molecule has 4 rings (SSSR count). The highest BCUT2D eigenvalue weighted by molar-refractivity contribution is 6.17. The Morgan fingerprint density at radius 2 is 1.78 bits per heavy atom. The van der Waals surface area contributed by atoms with Gasteiger partial charge in [-0.2, -0.15) is 0 Å². The third kappa shape index (κ3) is 2.51. The highest BCUT2D eigenvalue weighted by Crippen LogP contribution is 2.25. The van der Waals surface area contributed by atoms with Crippen molar-refractivity contribution in [2.24, 2.45) is 0 Å². The van der Waals surface area contributed by atoms with Crippen molar-refractivity contribution in [1.29, 1.82) is 0 Å². The summed E-state index contributed by atoms with van der Waals surface area (Å²) in [4.78, 5) is 8.44. The molecule has 0 aliphatic carbocycles. The molecular formula is C18H15ClN4. The zero-order valence-corrected chi connectivity index (χ0v) is 13.2. The van der Waals surface area contributed by atoms with Crippen LogP contribution in [0, 0.1) is 0 Å². The first-order valence-electron chi connectivity index (χ1n) is 7.38. The van der Waals surface area contributed by atoms with Crippen LogP contribution in [-0.4, -0.2) is 14.5 Å². The zero-order valence-electron chi connectivity index (χ0n) is 12.4. The lowest BCUT2D eigenvalue weighted by Crippen LogP contribution is -1.98. The Morgan fingerprint density at radius 3 is 2.57 bits per heavy atom. The van der Waals surface area contributed by atoms with Crippen molar-refractivity contribution < 1.29 is 0 Å². The number of aromatic nitrogens is 3. The van der Waals surface area contributed by atoms with Crippen LogP contribution in [0.3, 0.4) is 0 Å². The molecule has 0 saturated carbocycles. The second-order valence-electron chi connectivity index (χ2n) is 5.56. The van der Waals surface area contributed by atoms with Gasteiger partial charge in [0, 0.05) is 35.6 Å².